The molecule has 0 spiro atoms. The molecule has 16 heavy (non-hydrogen) atoms. The van der Waals surface area contributed by atoms with Crippen molar-refractivity contribution in [2.45, 2.75) is 18.5 Å². The van der Waals surface area contributed by atoms with Gasteiger partial charge < -0.3 is 4.74 Å². The third-order valence-electron chi connectivity index (χ3n) is 1.68. The summed E-state index contributed by atoms with van der Waals surface area (Å²) in [6.45, 7) is 1.71. The standard InChI is InChI=1S/C9H10F2N2O2S/c1-3-15-8(14)5-4-12-9(16-2)13-6(5)7(10)11/h4,7H,3H2,1-2H3. The highest BCUT2D eigenvalue weighted by Crippen LogP contribution is 2.23. The van der Waals surface area contributed by atoms with Gasteiger partial charge in [0.1, 0.15) is 11.3 Å². The molecule has 1 rings (SSSR count). The Bertz CT molecular complexity index is 388. The number of esters is 1. The van der Waals surface area contributed by atoms with Gasteiger partial charge in [0.15, 0.2) is 5.16 Å². The van der Waals surface area contributed by atoms with Gasteiger partial charge in [-0.05, 0) is 13.2 Å². The van der Waals surface area contributed by atoms with E-state index in [2.05, 4.69) is 14.7 Å². The van der Waals surface area contributed by atoms with E-state index in [1.165, 1.54) is 0 Å². The Kier molecular flexibility index (Phi) is 4.60. The van der Waals surface area contributed by atoms with E-state index in [9.17, 15) is 13.6 Å². The fourth-order valence-corrected chi connectivity index (χ4v) is 1.36. The summed E-state index contributed by atoms with van der Waals surface area (Å²) in [4.78, 5) is 18.7. The third kappa shape index (κ3) is 2.88. The molecule has 0 aliphatic rings. The second-order valence-corrected chi connectivity index (χ2v) is 3.45. The summed E-state index contributed by atoms with van der Waals surface area (Å²) in [6, 6.07) is 0. The van der Waals surface area contributed by atoms with Crippen molar-refractivity contribution in [1.29, 1.82) is 0 Å². The Hall–Kier alpha value is -1.24. The first-order valence-electron chi connectivity index (χ1n) is 4.46. The van der Waals surface area contributed by atoms with Crippen LogP contribution in [-0.2, 0) is 4.74 Å². The van der Waals surface area contributed by atoms with Crippen LogP contribution in [0.3, 0.4) is 0 Å². The number of halogens is 2. The van der Waals surface area contributed by atoms with E-state index in [-0.39, 0.29) is 17.3 Å². The van der Waals surface area contributed by atoms with Crippen LogP contribution in [0.5, 0.6) is 0 Å². The van der Waals surface area contributed by atoms with E-state index >= 15 is 0 Å². The van der Waals surface area contributed by atoms with Crippen molar-refractivity contribution in [1.82, 2.24) is 9.97 Å². The van der Waals surface area contributed by atoms with Gasteiger partial charge in [0.25, 0.3) is 6.43 Å². The molecule has 0 fully saturated rings. The minimum atomic E-state index is -2.83. The topological polar surface area (TPSA) is 52.1 Å². The van der Waals surface area contributed by atoms with Crippen molar-refractivity contribution in [3.63, 3.8) is 0 Å². The van der Waals surface area contributed by atoms with Crippen LogP contribution >= 0.6 is 11.8 Å². The number of hydrogen-bond acceptors (Lipinski definition) is 5. The summed E-state index contributed by atoms with van der Waals surface area (Å²) in [5, 5.41) is 0.198. The predicted molar refractivity (Wildman–Crippen MR) is 54.7 cm³/mol. The maximum absolute atomic E-state index is 12.6. The molecule has 0 aliphatic carbocycles. The fraction of sp³-hybridized carbons (Fsp3) is 0.444. The quantitative estimate of drug-likeness (QED) is 0.465. The number of ether oxygens (including phenoxy) is 1. The van der Waals surface area contributed by atoms with Crippen LogP contribution in [-0.4, -0.2) is 28.8 Å². The number of rotatable bonds is 4. The number of nitrogens with zero attached hydrogens (tertiary/aromatic N) is 2. The normalized spacial score (nSPS) is 10.6. The van der Waals surface area contributed by atoms with Crippen LogP contribution in [0.2, 0.25) is 0 Å². The molecule has 0 saturated carbocycles. The lowest BCUT2D eigenvalue weighted by molar-refractivity contribution is 0.0512. The van der Waals surface area contributed by atoms with Crippen LogP contribution in [0.4, 0.5) is 8.78 Å². The van der Waals surface area contributed by atoms with Crippen LogP contribution in [0.25, 0.3) is 0 Å². The van der Waals surface area contributed by atoms with Gasteiger partial charge >= 0.3 is 5.97 Å². The van der Waals surface area contributed by atoms with Gasteiger partial charge in [0.2, 0.25) is 0 Å². The molecule has 1 heterocycles. The molecule has 0 amide bonds. The van der Waals surface area contributed by atoms with E-state index < -0.39 is 18.1 Å². The van der Waals surface area contributed by atoms with Gasteiger partial charge in [-0.1, -0.05) is 11.8 Å². The molecule has 0 unspecified atom stereocenters. The molecular formula is C9H10F2N2O2S. The fourth-order valence-electron chi connectivity index (χ4n) is 1.01. The minimum Gasteiger partial charge on any atom is -0.462 e. The van der Waals surface area contributed by atoms with Crippen molar-refractivity contribution in [3.8, 4) is 0 Å². The molecule has 0 aliphatic heterocycles. The van der Waals surface area contributed by atoms with E-state index in [4.69, 9.17) is 0 Å². The Morgan fingerprint density at radius 3 is 2.81 bits per heavy atom. The summed E-state index contributed by atoms with van der Waals surface area (Å²) in [7, 11) is 0. The highest BCUT2D eigenvalue weighted by molar-refractivity contribution is 7.98. The SMILES string of the molecule is CCOC(=O)c1cnc(SC)nc1C(F)F. The van der Waals surface area contributed by atoms with Gasteiger partial charge in [-0.2, -0.15) is 0 Å². The molecule has 1 aromatic rings. The molecule has 88 valence electrons. The summed E-state index contributed by atoms with van der Waals surface area (Å²) in [6.07, 6.45) is -0.0965. The Balaban J connectivity index is 3.12. The third-order valence-corrected chi connectivity index (χ3v) is 2.24. The molecule has 7 heteroatoms. The van der Waals surface area contributed by atoms with Gasteiger partial charge in [0, 0.05) is 6.20 Å². The summed E-state index contributed by atoms with van der Waals surface area (Å²) < 4.78 is 29.9. The Labute approximate surface area is 95.4 Å². The molecular weight excluding hydrogens is 238 g/mol. The molecule has 0 aromatic carbocycles. The first-order valence-corrected chi connectivity index (χ1v) is 5.68. The Morgan fingerprint density at radius 1 is 1.62 bits per heavy atom. The van der Waals surface area contributed by atoms with E-state index in [1.54, 1.807) is 13.2 Å². The average molecular weight is 248 g/mol. The molecule has 4 nitrogen and oxygen atoms in total. The average Bonchev–Trinajstić information content (AvgIpc) is 2.28. The Morgan fingerprint density at radius 2 is 2.31 bits per heavy atom. The van der Waals surface area contributed by atoms with Crippen LogP contribution in [0.1, 0.15) is 29.4 Å². The van der Waals surface area contributed by atoms with Crippen molar-refractivity contribution >= 4 is 17.7 Å². The summed E-state index contributed by atoms with van der Waals surface area (Å²) in [5.41, 5.74) is -0.868. The first-order chi connectivity index (χ1) is 7.60. The first kappa shape index (κ1) is 12.8. The number of carbonyl (C=O) groups excluding carboxylic acids is 1. The smallest absolute Gasteiger partial charge is 0.341 e. The van der Waals surface area contributed by atoms with E-state index in [1.807, 2.05) is 0 Å². The second kappa shape index (κ2) is 5.74. The summed E-state index contributed by atoms with van der Waals surface area (Å²) >= 11 is 1.13. The lowest BCUT2D eigenvalue weighted by atomic mass is 10.2. The van der Waals surface area contributed by atoms with Gasteiger partial charge in [-0.25, -0.2) is 23.5 Å². The molecule has 1 aromatic heterocycles. The zero-order valence-electron chi connectivity index (χ0n) is 8.74. The molecule has 0 atom stereocenters. The van der Waals surface area contributed by atoms with Crippen LogP contribution in [0.15, 0.2) is 11.4 Å². The molecule has 0 N–H and O–H groups in total. The summed E-state index contributed by atoms with van der Waals surface area (Å²) in [5.74, 6) is -0.828. The van der Waals surface area contributed by atoms with E-state index in [0.29, 0.717) is 0 Å². The predicted octanol–water partition coefficient (Wildman–Crippen LogP) is 2.31. The minimum absolute atomic E-state index is 0.117. The van der Waals surface area contributed by atoms with Crippen molar-refractivity contribution in [2.75, 3.05) is 12.9 Å². The molecule has 0 saturated heterocycles. The maximum atomic E-state index is 12.6. The second-order valence-electron chi connectivity index (χ2n) is 2.68. The number of thioether (sulfide) groups is 1. The zero-order valence-corrected chi connectivity index (χ0v) is 9.55. The van der Waals surface area contributed by atoms with Crippen molar-refractivity contribution in [3.05, 3.63) is 17.5 Å². The lowest BCUT2D eigenvalue weighted by Crippen LogP contribution is -2.11. The maximum Gasteiger partial charge on any atom is 0.341 e. The highest BCUT2D eigenvalue weighted by Gasteiger charge is 2.22. The van der Waals surface area contributed by atoms with Gasteiger partial charge in [-0.15, -0.1) is 0 Å². The van der Waals surface area contributed by atoms with Crippen LogP contribution in [0, 0.1) is 0 Å². The number of hydrogen-bond donors (Lipinski definition) is 0. The van der Waals surface area contributed by atoms with Gasteiger partial charge in [0.05, 0.1) is 6.61 Å². The van der Waals surface area contributed by atoms with E-state index in [0.717, 1.165) is 18.0 Å². The van der Waals surface area contributed by atoms with Gasteiger partial charge in [-0.3, -0.25) is 0 Å². The molecule has 0 bridgehead atoms. The highest BCUT2D eigenvalue weighted by atomic mass is 32.2. The largest absolute Gasteiger partial charge is 0.462 e. The van der Waals surface area contributed by atoms with Crippen molar-refractivity contribution in [2.24, 2.45) is 0 Å². The number of aromatic nitrogens is 2. The lowest BCUT2D eigenvalue weighted by Gasteiger charge is -2.07. The monoisotopic (exact) mass is 248 g/mol. The zero-order chi connectivity index (χ0) is 12.1. The molecule has 0 radical (unpaired) electrons. The van der Waals surface area contributed by atoms with Crippen LogP contribution < -0.4 is 0 Å². The number of alkyl halides is 2. The van der Waals surface area contributed by atoms with Crippen molar-refractivity contribution < 1.29 is 18.3 Å². The number of carbonyl (C=O) groups is 1.